The molecule has 9 heteroatoms. The molecule has 0 spiro atoms. The molecule has 0 aromatic heterocycles. The van der Waals surface area contributed by atoms with Crippen molar-refractivity contribution in [3.8, 4) is 17.2 Å². The average molecular weight is 504 g/mol. The summed E-state index contributed by atoms with van der Waals surface area (Å²) in [5, 5.41) is 18.7. The molecular weight excluding hydrogens is 482 g/mol. The molecule has 0 radical (unpaired) electrons. The third kappa shape index (κ3) is 5.92. The van der Waals surface area contributed by atoms with Gasteiger partial charge in [0.2, 0.25) is 0 Å². The van der Waals surface area contributed by atoms with E-state index >= 15 is 0 Å². The summed E-state index contributed by atoms with van der Waals surface area (Å²) >= 11 is 6.35. The van der Waals surface area contributed by atoms with E-state index in [2.05, 4.69) is 15.8 Å². The van der Waals surface area contributed by atoms with Crippen LogP contribution in [0.15, 0.2) is 84.0 Å². The Hall–Kier alpha value is -4.56. The van der Waals surface area contributed by atoms with Crippen molar-refractivity contribution in [2.45, 2.75) is 0 Å². The van der Waals surface area contributed by atoms with Gasteiger partial charge in [0.25, 0.3) is 11.8 Å². The minimum Gasteiger partial charge on any atom is -0.507 e. The van der Waals surface area contributed by atoms with Gasteiger partial charge in [0.1, 0.15) is 5.75 Å². The molecule has 182 valence electrons. The molecule has 0 heterocycles. The summed E-state index contributed by atoms with van der Waals surface area (Å²) in [4.78, 5) is 24.7. The van der Waals surface area contributed by atoms with E-state index in [0.717, 1.165) is 10.8 Å². The maximum atomic E-state index is 12.5. The summed E-state index contributed by atoms with van der Waals surface area (Å²) in [6.07, 6.45) is 1.37. The number of hydrogen-bond donors (Lipinski definition) is 3. The number of amides is 2. The van der Waals surface area contributed by atoms with Gasteiger partial charge in [-0.2, -0.15) is 5.10 Å². The number of nitrogens with zero attached hydrogens (tertiary/aromatic N) is 1. The number of methoxy groups -OCH3 is 1. The highest BCUT2D eigenvalue weighted by Crippen LogP contribution is 2.36. The number of para-hydroxylation sites is 1. The number of anilines is 1. The number of benzene rings is 4. The number of rotatable bonds is 8. The molecule has 4 aromatic carbocycles. The van der Waals surface area contributed by atoms with Gasteiger partial charge in [0, 0.05) is 5.69 Å². The Labute approximate surface area is 212 Å². The third-order valence-corrected chi connectivity index (χ3v) is 5.43. The number of hydrazone groups is 1. The minimum absolute atomic E-state index is 0.0963. The van der Waals surface area contributed by atoms with Crippen molar-refractivity contribution >= 4 is 46.1 Å². The predicted octanol–water partition coefficient (Wildman–Crippen LogP) is 4.99. The van der Waals surface area contributed by atoms with Crippen molar-refractivity contribution in [2.75, 3.05) is 19.0 Å². The van der Waals surface area contributed by atoms with Gasteiger partial charge in [0.15, 0.2) is 18.1 Å². The zero-order valence-corrected chi connectivity index (χ0v) is 20.0. The summed E-state index contributed by atoms with van der Waals surface area (Å²) in [7, 11) is 1.44. The number of fused-ring (bicyclic) bond motifs is 1. The molecule has 0 saturated heterocycles. The van der Waals surface area contributed by atoms with Crippen molar-refractivity contribution in [2.24, 2.45) is 5.10 Å². The van der Waals surface area contributed by atoms with Crippen LogP contribution in [0.5, 0.6) is 17.2 Å². The molecule has 0 saturated carbocycles. The zero-order valence-electron chi connectivity index (χ0n) is 19.2. The van der Waals surface area contributed by atoms with Crippen LogP contribution in [-0.4, -0.2) is 36.9 Å². The Balaban J connectivity index is 1.41. The Bertz CT molecular complexity index is 1440. The van der Waals surface area contributed by atoms with Gasteiger partial charge >= 0.3 is 0 Å². The molecule has 8 nitrogen and oxygen atoms in total. The number of halogens is 1. The van der Waals surface area contributed by atoms with Gasteiger partial charge < -0.3 is 19.9 Å². The second-order valence-corrected chi connectivity index (χ2v) is 8.06. The summed E-state index contributed by atoms with van der Waals surface area (Å²) in [6, 6.07) is 22.6. The van der Waals surface area contributed by atoms with Gasteiger partial charge in [-0.05, 0) is 52.7 Å². The maximum absolute atomic E-state index is 12.5. The van der Waals surface area contributed by atoms with Crippen molar-refractivity contribution in [1.82, 2.24) is 5.43 Å². The maximum Gasteiger partial charge on any atom is 0.275 e. The number of carbonyl (C=O) groups excluding carboxylic acids is 2. The topological polar surface area (TPSA) is 109 Å². The Morgan fingerprint density at radius 2 is 1.69 bits per heavy atom. The largest absolute Gasteiger partial charge is 0.507 e. The molecule has 0 aliphatic carbocycles. The SMILES string of the molecule is COc1cc(C=NNC(=O)c2cc3ccccc3cc2O)cc(Cl)c1OCC(=O)Nc1ccccc1. The smallest absolute Gasteiger partial charge is 0.275 e. The van der Waals surface area contributed by atoms with E-state index in [1.54, 1.807) is 30.3 Å². The fourth-order valence-corrected chi connectivity index (χ4v) is 3.72. The lowest BCUT2D eigenvalue weighted by molar-refractivity contribution is -0.118. The zero-order chi connectivity index (χ0) is 25.5. The number of phenolic OH excluding ortho intramolecular Hbond substituents is 1. The molecule has 0 unspecified atom stereocenters. The van der Waals surface area contributed by atoms with Gasteiger partial charge in [0.05, 0.1) is 23.9 Å². The van der Waals surface area contributed by atoms with Crippen LogP contribution in [-0.2, 0) is 4.79 Å². The molecular formula is C27H22ClN3O5. The molecule has 0 bridgehead atoms. The highest BCUT2D eigenvalue weighted by atomic mass is 35.5. The first kappa shape index (κ1) is 24.6. The van der Waals surface area contributed by atoms with Crippen LogP contribution in [0.1, 0.15) is 15.9 Å². The van der Waals surface area contributed by atoms with Crippen LogP contribution >= 0.6 is 11.6 Å². The second kappa shape index (κ2) is 11.2. The van der Waals surface area contributed by atoms with Crippen LogP contribution in [0, 0.1) is 0 Å². The van der Waals surface area contributed by atoms with Gasteiger partial charge in [-0.3, -0.25) is 9.59 Å². The summed E-state index contributed by atoms with van der Waals surface area (Å²) in [6.45, 7) is -0.274. The first-order valence-electron chi connectivity index (χ1n) is 10.8. The summed E-state index contributed by atoms with van der Waals surface area (Å²) < 4.78 is 10.9. The minimum atomic E-state index is -0.572. The highest BCUT2D eigenvalue weighted by Gasteiger charge is 2.15. The lowest BCUT2D eigenvalue weighted by Crippen LogP contribution is -2.20. The normalized spacial score (nSPS) is 10.8. The van der Waals surface area contributed by atoms with Crippen LogP contribution in [0.25, 0.3) is 10.8 Å². The number of phenols is 1. The van der Waals surface area contributed by atoms with E-state index in [0.29, 0.717) is 11.3 Å². The molecule has 0 aliphatic rings. The van der Waals surface area contributed by atoms with Crippen LogP contribution < -0.4 is 20.2 Å². The van der Waals surface area contributed by atoms with Gasteiger partial charge in [-0.25, -0.2) is 5.43 Å². The Morgan fingerprint density at radius 3 is 2.42 bits per heavy atom. The number of nitrogens with one attached hydrogen (secondary N) is 2. The fraction of sp³-hybridized carbons (Fsp3) is 0.0741. The van der Waals surface area contributed by atoms with Gasteiger partial charge in [-0.1, -0.05) is 54.1 Å². The van der Waals surface area contributed by atoms with E-state index in [1.807, 2.05) is 42.5 Å². The average Bonchev–Trinajstić information content (AvgIpc) is 2.87. The number of carbonyl (C=O) groups is 2. The lowest BCUT2D eigenvalue weighted by Gasteiger charge is -2.13. The van der Waals surface area contributed by atoms with Crippen LogP contribution in [0.2, 0.25) is 5.02 Å². The second-order valence-electron chi connectivity index (χ2n) is 7.65. The molecule has 0 fully saturated rings. The third-order valence-electron chi connectivity index (χ3n) is 5.15. The van der Waals surface area contributed by atoms with Crippen molar-refractivity contribution < 1.29 is 24.2 Å². The quantitative estimate of drug-likeness (QED) is 0.232. The molecule has 3 N–H and O–H groups in total. The first-order valence-corrected chi connectivity index (χ1v) is 11.2. The highest BCUT2D eigenvalue weighted by molar-refractivity contribution is 6.32. The number of aromatic hydroxyl groups is 1. The predicted molar refractivity (Wildman–Crippen MR) is 139 cm³/mol. The molecule has 36 heavy (non-hydrogen) atoms. The standard InChI is InChI=1S/C27H22ClN3O5/c1-35-24-12-17(11-22(28)26(24)36-16-25(33)30-20-9-3-2-4-10-20)15-29-31-27(34)21-13-18-7-5-6-8-19(18)14-23(21)32/h2-15,32H,16H2,1H3,(H,30,33)(H,31,34). The summed E-state index contributed by atoms with van der Waals surface area (Å²) in [5.74, 6) is -0.593. The number of ether oxygens (including phenoxy) is 2. The first-order chi connectivity index (χ1) is 17.4. The van der Waals surface area contributed by atoms with E-state index in [4.69, 9.17) is 21.1 Å². The van der Waals surface area contributed by atoms with E-state index in [9.17, 15) is 14.7 Å². The molecule has 4 rings (SSSR count). The van der Waals surface area contributed by atoms with Crippen molar-refractivity contribution in [1.29, 1.82) is 0 Å². The fourth-order valence-electron chi connectivity index (χ4n) is 3.45. The van der Waals surface area contributed by atoms with E-state index in [-0.39, 0.29) is 40.3 Å². The molecule has 2 amide bonds. The monoisotopic (exact) mass is 503 g/mol. The Kier molecular flexibility index (Phi) is 7.67. The molecule has 4 aromatic rings. The van der Waals surface area contributed by atoms with Crippen molar-refractivity contribution in [3.05, 3.63) is 95.0 Å². The lowest BCUT2D eigenvalue weighted by atomic mass is 10.1. The van der Waals surface area contributed by atoms with Crippen LogP contribution in [0.4, 0.5) is 5.69 Å². The number of hydrogen-bond acceptors (Lipinski definition) is 6. The summed E-state index contributed by atoms with van der Waals surface area (Å²) in [5.41, 5.74) is 3.65. The van der Waals surface area contributed by atoms with Crippen molar-refractivity contribution in [3.63, 3.8) is 0 Å². The van der Waals surface area contributed by atoms with E-state index in [1.165, 1.54) is 19.4 Å². The van der Waals surface area contributed by atoms with Gasteiger partial charge in [-0.15, -0.1) is 0 Å². The van der Waals surface area contributed by atoms with Crippen LogP contribution in [0.3, 0.4) is 0 Å². The Morgan fingerprint density at radius 1 is 1.00 bits per heavy atom. The molecule has 0 aliphatic heterocycles. The van der Waals surface area contributed by atoms with E-state index < -0.39 is 5.91 Å². The molecule has 0 atom stereocenters.